The second-order valence-corrected chi connectivity index (χ2v) is 5.71. The maximum Gasteiger partial charge on any atom is 0.410 e. The lowest BCUT2D eigenvalue weighted by atomic mass is 10.1. The molecule has 0 unspecified atom stereocenters. The first-order valence-electron chi connectivity index (χ1n) is 8.19. The maximum atomic E-state index is 12.4. The van der Waals surface area contributed by atoms with Crippen LogP contribution in [0.15, 0.2) is 42.5 Å². The highest BCUT2D eigenvalue weighted by Crippen LogP contribution is 2.20. The van der Waals surface area contributed by atoms with Gasteiger partial charge in [-0.2, -0.15) is 0 Å². The summed E-state index contributed by atoms with van der Waals surface area (Å²) in [5.41, 5.74) is 0.825. The Kier molecular flexibility index (Phi) is 6.48. The van der Waals surface area contributed by atoms with Gasteiger partial charge >= 0.3 is 12.1 Å². The molecule has 0 fully saturated rings. The average molecular weight is 362 g/mol. The second-order valence-electron chi connectivity index (χ2n) is 5.71. The summed E-state index contributed by atoms with van der Waals surface area (Å²) in [5.74, 6) is -1.66. The number of nitrogens with zero attached hydrogens (tertiary/aromatic N) is 2. The molecule has 2 N–H and O–H groups in total. The summed E-state index contributed by atoms with van der Waals surface area (Å²) in [6.45, 7) is 1.94. The zero-order chi connectivity index (χ0) is 19.1. The van der Waals surface area contributed by atoms with Gasteiger partial charge in [-0.1, -0.05) is 43.7 Å². The van der Waals surface area contributed by atoms with Gasteiger partial charge in [0.1, 0.15) is 12.6 Å². The summed E-state index contributed by atoms with van der Waals surface area (Å²) in [6.07, 6.45) is 0.267. The molecule has 0 aliphatic heterocycles. The van der Waals surface area contributed by atoms with Gasteiger partial charge in [-0.15, -0.1) is 4.73 Å². The molecule has 2 rings (SSSR count). The molecule has 1 aromatic heterocycles. The standard InChI is InChI=1S/C18H22N2O6/c1-3-7-14(17(23)26-20-15(21)10-11-16(20)22)19(2)18(24)25-12-13-8-5-4-6-9-13/h4-6,8-11,14,21-22H,3,7,12H2,1-2H3/t14-/m0/s1. The fourth-order valence-corrected chi connectivity index (χ4v) is 2.34. The Hall–Kier alpha value is -3.16. The van der Waals surface area contributed by atoms with Crippen molar-refractivity contribution in [2.75, 3.05) is 7.05 Å². The molecule has 1 aromatic carbocycles. The number of hydrogen-bond acceptors (Lipinski definition) is 6. The molecule has 8 nitrogen and oxygen atoms in total. The van der Waals surface area contributed by atoms with Crippen LogP contribution in [-0.2, 0) is 16.1 Å². The van der Waals surface area contributed by atoms with Crippen molar-refractivity contribution in [2.24, 2.45) is 0 Å². The third-order valence-electron chi connectivity index (χ3n) is 3.77. The Morgan fingerprint density at radius 2 is 1.73 bits per heavy atom. The van der Waals surface area contributed by atoms with E-state index in [1.54, 1.807) is 0 Å². The van der Waals surface area contributed by atoms with Gasteiger partial charge in [0.2, 0.25) is 11.8 Å². The first-order valence-corrected chi connectivity index (χ1v) is 8.19. The summed E-state index contributed by atoms with van der Waals surface area (Å²) < 4.78 is 5.82. The van der Waals surface area contributed by atoms with Gasteiger partial charge in [0, 0.05) is 19.2 Å². The van der Waals surface area contributed by atoms with Crippen molar-refractivity contribution in [2.45, 2.75) is 32.4 Å². The Morgan fingerprint density at radius 1 is 1.12 bits per heavy atom. The highest BCUT2D eigenvalue weighted by Gasteiger charge is 2.30. The number of rotatable bonds is 7. The minimum Gasteiger partial charge on any atom is -0.492 e. The van der Waals surface area contributed by atoms with Crippen LogP contribution in [0, 0.1) is 0 Å². The Balaban J connectivity index is 2.02. The largest absolute Gasteiger partial charge is 0.492 e. The molecular weight excluding hydrogens is 340 g/mol. The Bertz CT molecular complexity index is 724. The predicted octanol–water partition coefficient (Wildman–Crippen LogP) is 2.29. The Labute approximate surface area is 151 Å². The van der Waals surface area contributed by atoms with E-state index in [4.69, 9.17) is 9.57 Å². The fraction of sp³-hybridized carbons (Fsp3) is 0.333. The molecule has 2 aromatic rings. The summed E-state index contributed by atoms with van der Waals surface area (Å²) in [6, 6.07) is 10.6. The molecule has 140 valence electrons. The summed E-state index contributed by atoms with van der Waals surface area (Å²) in [4.78, 5) is 30.8. The lowest BCUT2D eigenvalue weighted by molar-refractivity contribution is -0.151. The number of hydrogen-bond donors (Lipinski definition) is 2. The van der Waals surface area contributed by atoms with E-state index < -0.39 is 29.9 Å². The van der Waals surface area contributed by atoms with Crippen molar-refractivity contribution < 1.29 is 29.4 Å². The van der Waals surface area contributed by atoms with Crippen molar-refractivity contribution in [3.05, 3.63) is 48.0 Å². The third-order valence-corrected chi connectivity index (χ3v) is 3.77. The number of carbonyl (C=O) groups is 2. The Morgan fingerprint density at radius 3 is 2.31 bits per heavy atom. The molecule has 0 saturated heterocycles. The van der Waals surface area contributed by atoms with Crippen molar-refractivity contribution >= 4 is 12.1 Å². The quantitative estimate of drug-likeness (QED) is 0.784. The topological polar surface area (TPSA) is 101 Å². The number of benzene rings is 1. The van der Waals surface area contributed by atoms with E-state index in [0.29, 0.717) is 17.6 Å². The first kappa shape index (κ1) is 19.2. The van der Waals surface area contributed by atoms with Crippen molar-refractivity contribution in [1.29, 1.82) is 0 Å². The molecule has 1 atom stereocenters. The van der Waals surface area contributed by atoms with Crippen LogP contribution < -0.4 is 4.84 Å². The van der Waals surface area contributed by atoms with E-state index in [-0.39, 0.29) is 6.61 Å². The van der Waals surface area contributed by atoms with Gasteiger partial charge in [-0.3, -0.25) is 4.90 Å². The van der Waals surface area contributed by atoms with E-state index in [0.717, 1.165) is 10.5 Å². The van der Waals surface area contributed by atoms with Crippen LogP contribution in [0.2, 0.25) is 0 Å². The number of aromatic hydroxyl groups is 2. The maximum absolute atomic E-state index is 12.4. The minimum absolute atomic E-state index is 0.0804. The van der Waals surface area contributed by atoms with Gasteiger partial charge in [0.25, 0.3) is 0 Å². The molecule has 0 saturated carbocycles. The van der Waals surface area contributed by atoms with Crippen LogP contribution in [0.3, 0.4) is 0 Å². The average Bonchev–Trinajstić information content (AvgIpc) is 2.96. The number of ether oxygens (including phenoxy) is 1. The SMILES string of the molecule is CCC[C@@H](C(=O)On1c(O)ccc1O)N(C)C(=O)OCc1ccccc1. The van der Waals surface area contributed by atoms with Gasteiger partial charge in [0.05, 0.1) is 0 Å². The van der Waals surface area contributed by atoms with Gasteiger partial charge < -0.3 is 19.8 Å². The van der Waals surface area contributed by atoms with Crippen molar-refractivity contribution in [1.82, 2.24) is 9.63 Å². The van der Waals surface area contributed by atoms with Crippen LogP contribution in [0.1, 0.15) is 25.3 Å². The lowest BCUT2D eigenvalue weighted by Gasteiger charge is -2.25. The number of aromatic nitrogens is 1. The zero-order valence-electron chi connectivity index (χ0n) is 14.7. The number of likely N-dealkylation sites (N-methyl/N-ethyl adjacent to an activating group) is 1. The van der Waals surface area contributed by atoms with Crippen LogP contribution in [-0.4, -0.2) is 45.0 Å². The highest BCUT2D eigenvalue weighted by molar-refractivity contribution is 5.81. The number of amides is 1. The fourth-order valence-electron chi connectivity index (χ4n) is 2.34. The molecule has 1 heterocycles. The first-order chi connectivity index (χ1) is 12.4. The van der Waals surface area contributed by atoms with Crippen LogP contribution in [0.5, 0.6) is 11.8 Å². The summed E-state index contributed by atoms with van der Waals surface area (Å²) in [5, 5.41) is 19.1. The minimum atomic E-state index is -0.926. The lowest BCUT2D eigenvalue weighted by Crippen LogP contribution is -2.46. The molecule has 0 aliphatic carbocycles. The van der Waals surface area contributed by atoms with Crippen LogP contribution >= 0.6 is 0 Å². The van der Waals surface area contributed by atoms with Gasteiger partial charge in [-0.25, -0.2) is 9.59 Å². The molecule has 0 radical (unpaired) electrons. The van der Waals surface area contributed by atoms with Crippen LogP contribution in [0.4, 0.5) is 4.79 Å². The normalized spacial score (nSPS) is 11.6. The van der Waals surface area contributed by atoms with E-state index in [2.05, 4.69) is 0 Å². The molecular formula is C18H22N2O6. The van der Waals surface area contributed by atoms with E-state index in [1.165, 1.54) is 19.2 Å². The highest BCUT2D eigenvalue weighted by atomic mass is 16.7. The molecule has 0 aliphatic rings. The number of carbonyl (C=O) groups excluding carboxylic acids is 2. The second kappa shape index (κ2) is 8.80. The third kappa shape index (κ3) is 4.69. The molecule has 26 heavy (non-hydrogen) atoms. The van der Waals surface area contributed by atoms with E-state index >= 15 is 0 Å². The summed E-state index contributed by atoms with van der Waals surface area (Å²) in [7, 11) is 1.43. The van der Waals surface area contributed by atoms with Crippen LogP contribution in [0.25, 0.3) is 0 Å². The smallest absolute Gasteiger partial charge is 0.410 e. The van der Waals surface area contributed by atoms with Gasteiger partial charge in [0.15, 0.2) is 0 Å². The monoisotopic (exact) mass is 362 g/mol. The summed E-state index contributed by atoms with van der Waals surface area (Å²) >= 11 is 0. The molecule has 0 bridgehead atoms. The van der Waals surface area contributed by atoms with E-state index in [1.807, 2.05) is 37.3 Å². The molecule has 0 spiro atoms. The molecule has 8 heteroatoms. The van der Waals surface area contributed by atoms with Gasteiger partial charge in [-0.05, 0) is 12.0 Å². The van der Waals surface area contributed by atoms with E-state index in [9.17, 15) is 19.8 Å². The van der Waals surface area contributed by atoms with Crippen molar-refractivity contribution in [3.8, 4) is 11.8 Å². The predicted molar refractivity (Wildman–Crippen MR) is 92.4 cm³/mol. The zero-order valence-corrected chi connectivity index (χ0v) is 14.7. The molecule has 1 amide bonds. The van der Waals surface area contributed by atoms with Crippen molar-refractivity contribution in [3.63, 3.8) is 0 Å².